The van der Waals surface area contributed by atoms with Gasteiger partial charge >= 0.3 is 0 Å². The number of rotatable bonds is 2. The van der Waals surface area contributed by atoms with Gasteiger partial charge in [-0.05, 0) is 40.2 Å². The van der Waals surface area contributed by atoms with E-state index >= 15 is 0 Å². The molecule has 0 N–H and O–H groups in total. The second kappa shape index (κ2) is 6.95. The van der Waals surface area contributed by atoms with Crippen molar-refractivity contribution in [1.29, 1.82) is 5.26 Å². The van der Waals surface area contributed by atoms with E-state index in [0.717, 1.165) is 25.9 Å². The molecule has 0 saturated carbocycles. The van der Waals surface area contributed by atoms with Gasteiger partial charge in [0.25, 0.3) is 5.91 Å². The van der Waals surface area contributed by atoms with Crippen molar-refractivity contribution in [2.24, 2.45) is 0 Å². The summed E-state index contributed by atoms with van der Waals surface area (Å²) in [5, 5.41) is 9.38. The fourth-order valence-electron chi connectivity index (χ4n) is 3.16. The number of piperidine rings is 1. The highest BCUT2D eigenvalue weighted by Gasteiger charge is 2.26. The maximum absolute atomic E-state index is 12.5. The summed E-state index contributed by atoms with van der Waals surface area (Å²) >= 11 is 0. The maximum atomic E-state index is 12.5. The number of nitriles is 1. The van der Waals surface area contributed by atoms with Crippen molar-refractivity contribution in [2.75, 3.05) is 33.2 Å². The zero-order valence-electron chi connectivity index (χ0n) is 13.4. The van der Waals surface area contributed by atoms with E-state index in [0.29, 0.717) is 25.2 Å². The van der Waals surface area contributed by atoms with Crippen LogP contribution < -0.4 is 0 Å². The van der Waals surface area contributed by atoms with Crippen LogP contribution in [0.15, 0.2) is 11.8 Å². The number of nitrogens with zero attached hydrogens (tertiary/aromatic N) is 4. The van der Waals surface area contributed by atoms with Gasteiger partial charge in [0.15, 0.2) is 0 Å². The third-order valence-corrected chi connectivity index (χ3v) is 4.68. The van der Waals surface area contributed by atoms with Crippen LogP contribution in [-0.4, -0.2) is 65.9 Å². The molecule has 0 bridgehead atoms. The highest BCUT2D eigenvalue weighted by molar-refractivity contribution is 5.97. The van der Waals surface area contributed by atoms with Gasteiger partial charge in [0, 0.05) is 44.5 Å². The van der Waals surface area contributed by atoms with Crippen LogP contribution in [0.4, 0.5) is 0 Å². The fourth-order valence-corrected chi connectivity index (χ4v) is 3.16. The molecule has 5 heteroatoms. The minimum Gasteiger partial charge on any atom is -0.371 e. The molecule has 21 heavy (non-hydrogen) atoms. The summed E-state index contributed by atoms with van der Waals surface area (Å²) in [5.74, 6) is -0.115. The Hall–Kier alpha value is -1.54. The normalized spacial score (nSPS) is 28.4. The summed E-state index contributed by atoms with van der Waals surface area (Å²) in [6, 6.07) is 2.91. The minimum atomic E-state index is -0.115. The molecule has 116 valence electrons. The highest BCUT2D eigenvalue weighted by Crippen LogP contribution is 2.23. The lowest BCUT2D eigenvalue weighted by Gasteiger charge is -2.39. The van der Waals surface area contributed by atoms with E-state index in [1.807, 2.05) is 0 Å². The van der Waals surface area contributed by atoms with Gasteiger partial charge in [0.05, 0.1) is 0 Å². The molecule has 0 radical (unpaired) electrons. The molecule has 2 unspecified atom stereocenters. The zero-order valence-corrected chi connectivity index (χ0v) is 13.4. The van der Waals surface area contributed by atoms with Crippen LogP contribution in [0.2, 0.25) is 0 Å². The van der Waals surface area contributed by atoms with Gasteiger partial charge in [-0.1, -0.05) is 0 Å². The van der Waals surface area contributed by atoms with Crippen LogP contribution >= 0.6 is 0 Å². The van der Waals surface area contributed by atoms with Gasteiger partial charge in [-0.15, -0.1) is 0 Å². The predicted molar refractivity (Wildman–Crippen MR) is 82.4 cm³/mol. The molecule has 2 fully saturated rings. The first-order valence-corrected chi connectivity index (χ1v) is 7.90. The lowest BCUT2D eigenvalue weighted by molar-refractivity contribution is -0.128. The van der Waals surface area contributed by atoms with E-state index in [4.69, 9.17) is 0 Å². The Morgan fingerprint density at radius 2 is 1.71 bits per heavy atom. The first kappa shape index (κ1) is 15.8. The summed E-state index contributed by atoms with van der Waals surface area (Å²) in [7, 11) is 2.06. The molecule has 0 spiro atoms. The molecule has 0 aromatic rings. The van der Waals surface area contributed by atoms with E-state index in [-0.39, 0.29) is 11.5 Å². The smallest absolute Gasteiger partial charge is 0.266 e. The standard InChI is InChI=1S/C16H26N4O/c1-13-5-4-6-14(2)20(13)12-15(11-17)16(21)19-9-7-18(3)8-10-19/h12-14H,4-10H2,1-3H3/b15-12-. The molecule has 2 saturated heterocycles. The van der Waals surface area contributed by atoms with Crippen LogP contribution in [0, 0.1) is 11.3 Å². The van der Waals surface area contributed by atoms with E-state index in [2.05, 4.69) is 36.8 Å². The summed E-state index contributed by atoms with van der Waals surface area (Å²) < 4.78 is 0. The molecular weight excluding hydrogens is 264 g/mol. The number of hydrogen-bond donors (Lipinski definition) is 0. The second-order valence-electron chi connectivity index (χ2n) is 6.33. The molecular formula is C16H26N4O. The van der Waals surface area contributed by atoms with E-state index in [1.54, 1.807) is 11.1 Å². The van der Waals surface area contributed by atoms with Gasteiger partial charge in [-0.2, -0.15) is 5.26 Å². The molecule has 2 heterocycles. The van der Waals surface area contributed by atoms with Gasteiger partial charge in [0.1, 0.15) is 11.6 Å². The molecule has 0 aliphatic carbocycles. The summed E-state index contributed by atoms with van der Waals surface area (Å²) in [5.41, 5.74) is 0.278. The molecule has 5 nitrogen and oxygen atoms in total. The molecule has 2 aliphatic rings. The quantitative estimate of drug-likeness (QED) is 0.570. The lowest BCUT2D eigenvalue weighted by Crippen LogP contribution is -2.48. The van der Waals surface area contributed by atoms with Crippen LogP contribution in [0.3, 0.4) is 0 Å². The average molecular weight is 290 g/mol. The Morgan fingerprint density at radius 3 is 2.24 bits per heavy atom. The van der Waals surface area contributed by atoms with Crippen molar-refractivity contribution in [1.82, 2.24) is 14.7 Å². The highest BCUT2D eigenvalue weighted by atomic mass is 16.2. The Bertz CT molecular complexity index is 436. The predicted octanol–water partition coefficient (Wildman–Crippen LogP) is 1.43. The van der Waals surface area contributed by atoms with Crippen LogP contribution in [-0.2, 0) is 4.79 Å². The Labute approximate surface area is 127 Å². The number of piperazine rings is 1. The second-order valence-corrected chi connectivity index (χ2v) is 6.33. The van der Waals surface area contributed by atoms with Crippen molar-refractivity contribution >= 4 is 5.91 Å². The van der Waals surface area contributed by atoms with Gasteiger partial charge < -0.3 is 14.7 Å². The number of carbonyl (C=O) groups is 1. The number of likely N-dealkylation sites (N-methyl/N-ethyl adjacent to an activating group) is 1. The number of likely N-dealkylation sites (tertiary alicyclic amines) is 1. The number of amides is 1. The topological polar surface area (TPSA) is 50.6 Å². The minimum absolute atomic E-state index is 0.115. The summed E-state index contributed by atoms with van der Waals surface area (Å²) in [4.78, 5) is 18.7. The fraction of sp³-hybridized carbons (Fsp3) is 0.750. The van der Waals surface area contributed by atoms with Crippen LogP contribution in [0.1, 0.15) is 33.1 Å². The molecule has 0 aromatic carbocycles. The first-order valence-electron chi connectivity index (χ1n) is 7.90. The molecule has 2 atom stereocenters. The van der Waals surface area contributed by atoms with Crippen LogP contribution in [0.25, 0.3) is 0 Å². The van der Waals surface area contributed by atoms with Crippen molar-refractivity contribution in [3.63, 3.8) is 0 Å². The van der Waals surface area contributed by atoms with Gasteiger partial charge in [-0.25, -0.2) is 0 Å². The molecule has 2 aliphatic heterocycles. The van der Waals surface area contributed by atoms with Crippen molar-refractivity contribution in [3.05, 3.63) is 11.8 Å². The average Bonchev–Trinajstić information content (AvgIpc) is 2.47. The lowest BCUT2D eigenvalue weighted by atomic mass is 9.98. The van der Waals surface area contributed by atoms with E-state index < -0.39 is 0 Å². The van der Waals surface area contributed by atoms with E-state index in [1.165, 1.54) is 6.42 Å². The van der Waals surface area contributed by atoms with Crippen LogP contribution in [0.5, 0.6) is 0 Å². The molecule has 0 aromatic heterocycles. The van der Waals surface area contributed by atoms with Gasteiger partial charge in [0.2, 0.25) is 0 Å². The summed E-state index contributed by atoms with van der Waals surface area (Å²) in [6.45, 7) is 7.50. The Morgan fingerprint density at radius 1 is 1.14 bits per heavy atom. The Kier molecular flexibility index (Phi) is 5.24. The largest absolute Gasteiger partial charge is 0.371 e. The Balaban J connectivity index is 2.09. The molecule has 1 amide bonds. The summed E-state index contributed by atoms with van der Waals surface area (Å²) in [6.07, 6.45) is 5.28. The third-order valence-electron chi connectivity index (χ3n) is 4.68. The van der Waals surface area contributed by atoms with Gasteiger partial charge in [-0.3, -0.25) is 4.79 Å². The first-order chi connectivity index (χ1) is 10.0. The zero-order chi connectivity index (χ0) is 15.4. The maximum Gasteiger partial charge on any atom is 0.266 e. The van der Waals surface area contributed by atoms with Crippen molar-refractivity contribution in [3.8, 4) is 6.07 Å². The number of hydrogen-bond acceptors (Lipinski definition) is 4. The van der Waals surface area contributed by atoms with Crippen molar-refractivity contribution < 1.29 is 4.79 Å². The monoisotopic (exact) mass is 290 g/mol. The SMILES string of the molecule is CC1CCCC(C)N1/C=C(/C#N)C(=O)N1CCN(C)CC1. The number of carbonyl (C=O) groups excluding carboxylic acids is 1. The van der Waals surface area contributed by atoms with Crippen molar-refractivity contribution in [2.45, 2.75) is 45.2 Å². The molecule has 2 rings (SSSR count). The third kappa shape index (κ3) is 3.76. The van der Waals surface area contributed by atoms with E-state index in [9.17, 15) is 10.1 Å².